The number of alkyl carbamates (subject to hydrolysis) is 1. The fourth-order valence-corrected chi connectivity index (χ4v) is 4.76. The third kappa shape index (κ3) is 8.38. The van der Waals surface area contributed by atoms with E-state index in [4.69, 9.17) is 21.1 Å². The number of rotatable bonds is 9. The molecule has 0 fully saturated rings. The molecule has 7 nitrogen and oxygen atoms in total. The molecule has 9 heteroatoms. The molecule has 1 aromatic carbocycles. The molecule has 0 aliphatic rings. The first kappa shape index (κ1) is 27.7. The van der Waals surface area contributed by atoms with Crippen LogP contribution in [0.3, 0.4) is 0 Å². The molecule has 0 saturated heterocycles. The number of carbonyl (C=O) groups excluding carboxylic acids is 1. The number of anilines is 2. The van der Waals surface area contributed by atoms with Crippen molar-refractivity contribution in [1.82, 2.24) is 15.3 Å². The normalized spacial score (nSPS) is 13.2. The summed E-state index contributed by atoms with van der Waals surface area (Å²) < 4.78 is 11.6. The molecule has 0 unspecified atom stereocenters. The summed E-state index contributed by atoms with van der Waals surface area (Å²) in [5.41, 5.74) is 1.66. The van der Waals surface area contributed by atoms with Crippen LogP contribution >= 0.6 is 22.9 Å². The van der Waals surface area contributed by atoms with Crippen LogP contribution in [0.2, 0.25) is 5.02 Å². The van der Waals surface area contributed by atoms with Gasteiger partial charge in [-0.25, -0.2) is 14.8 Å². The Morgan fingerprint density at radius 1 is 1.14 bits per heavy atom. The minimum atomic E-state index is -0.627. The zero-order valence-electron chi connectivity index (χ0n) is 21.9. The van der Waals surface area contributed by atoms with E-state index in [0.717, 1.165) is 22.0 Å². The summed E-state index contributed by atoms with van der Waals surface area (Å²) in [6.45, 7) is 13.9. The molecule has 0 saturated carbocycles. The lowest BCUT2D eigenvalue weighted by molar-refractivity contribution is 0.0408. The first-order chi connectivity index (χ1) is 16.8. The molecule has 3 aromatic rings. The highest BCUT2D eigenvalue weighted by Crippen LogP contribution is 2.32. The fraction of sp³-hybridized carbons (Fsp3) is 0.444. The second-order valence-electron chi connectivity index (χ2n) is 10.6. The minimum Gasteiger partial charge on any atom is -0.490 e. The Kier molecular flexibility index (Phi) is 8.84. The molecule has 36 heavy (non-hydrogen) atoms. The number of amides is 1. The summed E-state index contributed by atoms with van der Waals surface area (Å²) in [4.78, 5) is 21.3. The number of thiazole rings is 1. The van der Waals surface area contributed by atoms with E-state index >= 15 is 0 Å². The van der Waals surface area contributed by atoms with Crippen molar-refractivity contribution < 1.29 is 14.3 Å². The number of nitrogens with zero attached hydrogens (tertiary/aromatic N) is 2. The third-order valence-corrected chi connectivity index (χ3v) is 6.26. The van der Waals surface area contributed by atoms with E-state index in [0.29, 0.717) is 28.9 Å². The molecule has 2 heterocycles. The molecule has 0 aliphatic carbocycles. The van der Waals surface area contributed by atoms with Crippen molar-refractivity contribution in [1.29, 1.82) is 0 Å². The molecule has 0 radical (unpaired) electrons. The molecule has 0 aliphatic heterocycles. The van der Waals surface area contributed by atoms with Gasteiger partial charge in [-0.05, 0) is 82.3 Å². The number of pyridine rings is 1. The van der Waals surface area contributed by atoms with Crippen LogP contribution in [0.5, 0.6) is 5.75 Å². The molecule has 1 amide bonds. The van der Waals surface area contributed by atoms with Crippen LogP contribution in [0, 0.1) is 12.8 Å². The van der Waals surface area contributed by atoms with E-state index in [1.54, 1.807) is 6.20 Å². The SMILES string of the molecule is Cc1csc(Nc2cc(-c3ccc(OC[C@](C)(CC(C)C)NC(=O)OC(C)(C)C)c(Cl)c3)ccn2)n1. The Bertz CT molecular complexity index is 1190. The molecule has 3 rings (SSSR count). The number of halogens is 1. The average Bonchev–Trinajstić information content (AvgIpc) is 3.15. The van der Waals surface area contributed by atoms with Gasteiger partial charge in [0.1, 0.15) is 23.8 Å². The molecule has 0 bridgehead atoms. The lowest BCUT2D eigenvalue weighted by atomic mass is 9.91. The van der Waals surface area contributed by atoms with Crippen LogP contribution in [0.25, 0.3) is 11.1 Å². The average molecular weight is 531 g/mol. The van der Waals surface area contributed by atoms with E-state index in [9.17, 15) is 4.79 Å². The van der Waals surface area contributed by atoms with Crippen molar-refractivity contribution >= 4 is 40.0 Å². The minimum absolute atomic E-state index is 0.250. The highest BCUT2D eigenvalue weighted by atomic mass is 35.5. The standard InChI is InChI=1S/C27H35ClN4O3S/c1-17(2)14-27(7,32-25(33)35-26(4,5)6)16-34-22-9-8-19(12-21(22)28)20-10-11-29-23(13-20)31-24-30-18(3)15-36-24/h8-13,15,17H,14,16H2,1-7H3,(H,32,33)(H,29,30,31)/t27-/m0/s1. The van der Waals surface area contributed by atoms with Crippen molar-refractivity contribution in [3.05, 3.63) is 52.6 Å². The summed E-state index contributed by atoms with van der Waals surface area (Å²) in [7, 11) is 0. The monoisotopic (exact) mass is 530 g/mol. The van der Waals surface area contributed by atoms with Crippen LogP contribution in [-0.4, -0.2) is 33.8 Å². The molecule has 2 aromatic heterocycles. The predicted octanol–water partition coefficient (Wildman–Crippen LogP) is 7.62. The number of hydrogen-bond donors (Lipinski definition) is 2. The number of carbonyl (C=O) groups is 1. The summed E-state index contributed by atoms with van der Waals surface area (Å²) >= 11 is 8.14. The maximum atomic E-state index is 12.5. The lowest BCUT2D eigenvalue weighted by Crippen LogP contribution is -2.52. The van der Waals surface area contributed by atoms with Crippen LogP contribution in [-0.2, 0) is 4.74 Å². The Balaban J connectivity index is 1.71. The summed E-state index contributed by atoms with van der Waals surface area (Å²) in [5, 5.41) is 9.49. The van der Waals surface area contributed by atoms with Gasteiger partial charge in [-0.15, -0.1) is 11.3 Å². The lowest BCUT2D eigenvalue weighted by Gasteiger charge is -2.33. The number of nitrogens with one attached hydrogen (secondary N) is 2. The molecule has 2 N–H and O–H groups in total. The van der Waals surface area contributed by atoms with Gasteiger partial charge in [0.05, 0.1) is 16.3 Å². The van der Waals surface area contributed by atoms with Crippen LogP contribution in [0.1, 0.15) is 53.7 Å². The molecular weight excluding hydrogens is 496 g/mol. The van der Waals surface area contributed by atoms with Crippen LogP contribution in [0.4, 0.5) is 15.7 Å². The largest absolute Gasteiger partial charge is 0.490 e. The van der Waals surface area contributed by atoms with Crippen molar-refractivity contribution in [3.8, 4) is 16.9 Å². The van der Waals surface area contributed by atoms with Crippen molar-refractivity contribution in [2.75, 3.05) is 11.9 Å². The molecule has 0 spiro atoms. The number of hydrogen-bond acceptors (Lipinski definition) is 7. The van der Waals surface area contributed by atoms with Gasteiger partial charge >= 0.3 is 6.09 Å². The third-order valence-electron chi connectivity index (χ3n) is 5.09. The molecule has 1 atom stereocenters. The number of benzene rings is 1. The van der Waals surface area contributed by atoms with Crippen LogP contribution < -0.4 is 15.4 Å². The first-order valence-corrected chi connectivity index (χ1v) is 13.2. The van der Waals surface area contributed by atoms with Gasteiger partial charge in [0.2, 0.25) is 0 Å². The number of aryl methyl sites for hydroxylation is 1. The van der Waals surface area contributed by atoms with Crippen LogP contribution in [0.15, 0.2) is 41.9 Å². The van der Waals surface area contributed by atoms with Gasteiger partial charge in [-0.2, -0.15) is 0 Å². The fourth-order valence-electron chi connectivity index (χ4n) is 3.83. The maximum Gasteiger partial charge on any atom is 0.408 e. The van der Waals surface area contributed by atoms with Gasteiger partial charge in [0.25, 0.3) is 0 Å². The topological polar surface area (TPSA) is 85.4 Å². The Morgan fingerprint density at radius 3 is 2.47 bits per heavy atom. The van der Waals surface area contributed by atoms with E-state index < -0.39 is 17.2 Å². The first-order valence-electron chi connectivity index (χ1n) is 11.9. The van der Waals surface area contributed by atoms with E-state index in [1.165, 1.54) is 11.3 Å². The van der Waals surface area contributed by atoms with E-state index in [2.05, 4.69) is 34.4 Å². The summed E-state index contributed by atoms with van der Waals surface area (Å²) in [5.74, 6) is 1.59. The summed E-state index contributed by atoms with van der Waals surface area (Å²) in [6.07, 6.45) is 1.99. The van der Waals surface area contributed by atoms with Crippen molar-refractivity contribution in [2.45, 2.75) is 66.0 Å². The van der Waals surface area contributed by atoms with Gasteiger partial charge < -0.3 is 20.1 Å². The highest BCUT2D eigenvalue weighted by molar-refractivity contribution is 7.13. The van der Waals surface area contributed by atoms with E-state index in [-0.39, 0.29) is 6.61 Å². The molecular formula is C27H35ClN4O3S. The number of ether oxygens (including phenoxy) is 2. The molecule has 194 valence electrons. The second-order valence-corrected chi connectivity index (χ2v) is 11.8. The quantitative estimate of drug-likeness (QED) is 0.296. The Hall–Kier alpha value is -2.84. The maximum absolute atomic E-state index is 12.5. The predicted molar refractivity (Wildman–Crippen MR) is 148 cm³/mol. The van der Waals surface area contributed by atoms with Gasteiger partial charge in [-0.1, -0.05) is 31.5 Å². The Morgan fingerprint density at radius 2 is 1.86 bits per heavy atom. The smallest absolute Gasteiger partial charge is 0.408 e. The summed E-state index contributed by atoms with van der Waals surface area (Å²) in [6, 6.07) is 9.54. The van der Waals surface area contributed by atoms with Gasteiger partial charge in [0, 0.05) is 11.6 Å². The van der Waals surface area contributed by atoms with Gasteiger partial charge in [-0.3, -0.25) is 0 Å². The number of aromatic nitrogens is 2. The Labute approximate surface area is 222 Å². The zero-order chi connectivity index (χ0) is 26.5. The second kappa shape index (κ2) is 11.5. The van der Waals surface area contributed by atoms with Gasteiger partial charge in [0.15, 0.2) is 5.13 Å². The highest BCUT2D eigenvalue weighted by Gasteiger charge is 2.31. The zero-order valence-corrected chi connectivity index (χ0v) is 23.5. The van der Waals surface area contributed by atoms with Crippen molar-refractivity contribution in [3.63, 3.8) is 0 Å². The van der Waals surface area contributed by atoms with Crippen molar-refractivity contribution in [2.24, 2.45) is 5.92 Å². The van der Waals surface area contributed by atoms with E-state index in [1.807, 2.05) is 70.3 Å².